The molecule has 2 N–H and O–H groups in total. The summed E-state index contributed by atoms with van der Waals surface area (Å²) in [6.07, 6.45) is 4.20. The second-order valence-electron chi connectivity index (χ2n) is 7.49. The van der Waals surface area contributed by atoms with Gasteiger partial charge in [-0.1, -0.05) is 19.9 Å². The molecule has 2 atom stereocenters. The molecule has 8 heteroatoms. The number of quaternary nitrogens is 1. The normalized spacial score (nSPS) is 19.6. The van der Waals surface area contributed by atoms with Gasteiger partial charge >= 0.3 is 0 Å². The zero-order valence-corrected chi connectivity index (χ0v) is 18.2. The Labute approximate surface area is 173 Å². The van der Waals surface area contributed by atoms with E-state index in [1.807, 2.05) is 33.2 Å². The Kier molecular flexibility index (Phi) is 6.77. The van der Waals surface area contributed by atoms with Gasteiger partial charge in [0.2, 0.25) is 10.0 Å². The van der Waals surface area contributed by atoms with Crippen molar-refractivity contribution in [1.82, 2.24) is 8.87 Å². The molecular weight excluding hydrogens is 388 g/mol. The van der Waals surface area contributed by atoms with Crippen LogP contribution in [0.2, 0.25) is 0 Å². The van der Waals surface area contributed by atoms with Gasteiger partial charge < -0.3 is 14.8 Å². The van der Waals surface area contributed by atoms with E-state index in [-0.39, 0.29) is 10.8 Å². The number of likely N-dealkylation sites (tertiary alicyclic amines) is 1. The molecule has 1 unspecified atom stereocenters. The third-order valence-corrected chi connectivity index (χ3v) is 7.72. The highest BCUT2D eigenvalue weighted by molar-refractivity contribution is 7.89. The Hall–Kier alpha value is -2.16. The number of rotatable bonds is 8. The lowest BCUT2D eigenvalue weighted by Crippen LogP contribution is -3.11. The molecule has 1 aliphatic rings. The number of nitrogens with one attached hydrogen (secondary N) is 2. The Bertz CT molecular complexity index is 950. The molecule has 7 nitrogen and oxygen atoms in total. The number of carbonyl (C=O) groups excluding carboxylic acids is 1. The molecule has 1 aromatic carbocycles. The van der Waals surface area contributed by atoms with E-state index in [1.165, 1.54) is 14.9 Å². The molecule has 1 aromatic heterocycles. The van der Waals surface area contributed by atoms with Crippen molar-refractivity contribution in [3.63, 3.8) is 0 Å². The average Bonchev–Trinajstić information content (AvgIpc) is 3.31. The quantitative estimate of drug-likeness (QED) is 0.679. The molecule has 0 radical (unpaired) electrons. The Morgan fingerprint density at radius 3 is 2.66 bits per heavy atom. The molecule has 2 heterocycles. The summed E-state index contributed by atoms with van der Waals surface area (Å²) in [4.78, 5) is 14.1. The second-order valence-corrected chi connectivity index (χ2v) is 9.43. The summed E-state index contributed by atoms with van der Waals surface area (Å²) in [5.74, 6) is -0.0986. The number of anilines is 1. The van der Waals surface area contributed by atoms with Crippen LogP contribution in [0.1, 0.15) is 38.4 Å². The van der Waals surface area contributed by atoms with Gasteiger partial charge in [-0.05, 0) is 30.3 Å². The van der Waals surface area contributed by atoms with E-state index in [0.29, 0.717) is 31.4 Å². The summed E-state index contributed by atoms with van der Waals surface area (Å²) in [5, 5.41) is 2.89. The zero-order valence-electron chi connectivity index (χ0n) is 17.4. The molecule has 0 bridgehead atoms. The molecule has 1 amide bonds. The first-order valence-electron chi connectivity index (χ1n) is 10.2. The fourth-order valence-corrected chi connectivity index (χ4v) is 5.68. The summed E-state index contributed by atoms with van der Waals surface area (Å²) in [5.41, 5.74) is 1.76. The van der Waals surface area contributed by atoms with Crippen molar-refractivity contribution in [3.05, 3.63) is 48.3 Å². The highest BCUT2D eigenvalue weighted by Crippen LogP contribution is 2.20. The first kappa shape index (κ1) is 21.5. The Morgan fingerprint density at radius 1 is 1.24 bits per heavy atom. The molecule has 1 fully saturated rings. The van der Waals surface area contributed by atoms with Gasteiger partial charge in [0.05, 0.1) is 17.1 Å². The maximum Gasteiger partial charge on any atom is 0.279 e. The van der Waals surface area contributed by atoms with Gasteiger partial charge in [0, 0.05) is 44.9 Å². The van der Waals surface area contributed by atoms with E-state index in [4.69, 9.17) is 0 Å². The zero-order chi connectivity index (χ0) is 21.0. The summed E-state index contributed by atoms with van der Waals surface area (Å²) in [6, 6.07) is 11.0. The SMILES string of the molecule is CCN(CC)S(=O)(=O)c1cccc(NC(=O)C[NH+]2CCC[C@@H]2c2cccn2C)c1. The standard InChI is InChI=1S/C21H30N4O3S/c1-4-25(5-2)29(27,28)18-10-6-9-17(15-18)22-21(26)16-24-14-8-12-20(24)19-11-7-13-23(19)3/h6-7,9-11,13,15,20H,4-5,8,12,14,16H2,1-3H3,(H,22,26)/p+1/t20-/m1/s1. The molecule has 0 aliphatic carbocycles. The maximum atomic E-state index is 12.7. The highest BCUT2D eigenvalue weighted by Gasteiger charge is 2.33. The van der Waals surface area contributed by atoms with Crippen molar-refractivity contribution in [2.75, 3.05) is 31.5 Å². The number of nitrogens with zero attached hydrogens (tertiary/aromatic N) is 2. The van der Waals surface area contributed by atoms with Crippen molar-refractivity contribution >= 4 is 21.6 Å². The number of carbonyl (C=O) groups is 1. The molecule has 1 aliphatic heterocycles. The lowest BCUT2D eigenvalue weighted by Gasteiger charge is -2.22. The molecule has 1 saturated heterocycles. The lowest BCUT2D eigenvalue weighted by atomic mass is 10.1. The van der Waals surface area contributed by atoms with Crippen molar-refractivity contribution in [2.24, 2.45) is 7.05 Å². The molecule has 29 heavy (non-hydrogen) atoms. The van der Waals surface area contributed by atoms with Crippen LogP contribution in [0.4, 0.5) is 5.69 Å². The van der Waals surface area contributed by atoms with Crippen LogP contribution in [0.5, 0.6) is 0 Å². The molecule has 0 spiro atoms. The third-order valence-electron chi connectivity index (χ3n) is 5.67. The van der Waals surface area contributed by atoms with Crippen molar-refractivity contribution in [1.29, 1.82) is 0 Å². The van der Waals surface area contributed by atoms with Gasteiger partial charge in [-0.15, -0.1) is 0 Å². The van der Waals surface area contributed by atoms with Crippen LogP contribution in [0, 0.1) is 0 Å². The number of hydrogen-bond donors (Lipinski definition) is 2. The Morgan fingerprint density at radius 2 is 2.00 bits per heavy atom. The number of hydrogen-bond acceptors (Lipinski definition) is 3. The fraction of sp³-hybridized carbons (Fsp3) is 0.476. The minimum atomic E-state index is -3.55. The fourth-order valence-electron chi connectivity index (χ4n) is 4.17. The van der Waals surface area contributed by atoms with E-state index in [9.17, 15) is 13.2 Å². The Balaban J connectivity index is 1.69. The number of aromatic nitrogens is 1. The minimum Gasteiger partial charge on any atom is -0.350 e. The number of sulfonamides is 1. The predicted octanol–water partition coefficient (Wildman–Crippen LogP) is 1.41. The van der Waals surface area contributed by atoms with Crippen molar-refractivity contribution in [2.45, 2.75) is 37.6 Å². The average molecular weight is 420 g/mol. The van der Waals surface area contributed by atoms with Crippen LogP contribution in [-0.4, -0.2) is 49.4 Å². The van der Waals surface area contributed by atoms with Crippen LogP contribution in [0.3, 0.4) is 0 Å². The summed E-state index contributed by atoms with van der Waals surface area (Å²) < 4.78 is 29.0. The van der Waals surface area contributed by atoms with Crippen LogP contribution < -0.4 is 10.2 Å². The smallest absolute Gasteiger partial charge is 0.279 e. The number of benzene rings is 1. The van der Waals surface area contributed by atoms with E-state index in [2.05, 4.69) is 16.0 Å². The third kappa shape index (κ3) is 4.71. The van der Waals surface area contributed by atoms with Crippen LogP contribution in [0.25, 0.3) is 0 Å². The monoisotopic (exact) mass is 419 g/mol. The summed E-state index contributed by atoms with van der Waals surface area (Å²) >= 11 is 0. The van der Waals surface area contributed by atoms with E-state index < -0.39 is 10.0 Å². The summed E-state index contributed by atoms with van der Waals surface area (Å²) in [6.45, 7) is 5.77. The van der Waals surface area contributed by atoms with Gasteiger partial charge in [0.25, 0.3) is 5.91 Å². The van der Waals surface area contributed by atoms with Crippen LogP contribution in [-0.2, 0) is 21.9 Å². The lowest BCUT2D eigenvalue weighted by molar-refractivity contribution is -0.910. The van der Waals surface area contributed by atoms with Gasteiger partial charge in [0.1, 0.15) is 6.04 Å². The second kappa shape index (κ2) is 9.11. The molecule has 158 valence electrons. The van der Waals surface area contributed by atoms with Gasteiger partial charge in [-0.2, -0.15) is 4.31 Å². The van der Waals surface area contributed by atoms with Gasteiger partial charge in [-0.3, -0.25) is 4.79 Å². The van der Waals surface area contributed by atoms with Crippen molar-refractivity contribution in [3.8, 4) is 0 Å². The highest BCUT2D eigenvalue weighted by atomic mass is 32.2. The largest absolute Gasteiger partial charge is 0.350 e. The molecule has 0 saturated carbocycles. The molecule has 2 aromatic rings. The van der Waals surface area contributed by atoms with Crippen LogP contribution >= 0.6 is 0 Å². The number of aryl methyl sites for hydroxylation is 1. The number of amides is 1. The first-order chi connectivity index (χ1) is 13.9. The topological polar surface area (TPSA) is 75.8 Å². The predicted molar refractivity (Wildman–Crippen MR) is 113 cm³/mol. The van der Waals surface area contributed by atoms with Gasteiger partial charge in [0.15, 0.2) is 6.54 Å². The first-order valence-corrected chi connectivity index (χ1v) is 11.7. The van der Waals surface area contributed by atoms with E-state index in [0.717, 1.165) is 19.4 Å². The summed E-state index contributed by atoms with van der Waals surface area (Å²) in [7, 11) is -1.52. The van der Waals surface area contributed by atoms with Crippen molar-refractivity contribution < 1.29 is 18.1 Å². The van der Waals surface area contributed by atoms with E-state index in [1.54, 1.807) is 24.3 Å². The van der Waals surface area contributed by atoms with E-state index >= 15 is 0 Å². The maximum absolute atomic E-state index is 12.7. The minimum absolute atomic E-state index is 0.0986. The molecule has 3 rings (SSSR count). The van der Waals surface area contributed by atoms with Crippen LogP contribution in [0.15, 0.2) is 47.5 Å². The van der Waals surface area contributed by atoms with Gasteiger partial charge in [-0.25, -0.2) is 8.42 Å². The molecular formula is C21H31N4O3S+.